The molecule has 0 aliphatic heterocycles. The second kappa shape index (κ2) is 29.0. The van der Waals surface area contributed by atoms with E-state index in [2.05, 4.69) is 33.1 Å². The average molecular weight is 924 g/mol. The van der Waals surface area contributed by atoms with E-state index in [-0.39, 0.29) is 40.1 Å². The summed E-state index contributed by atoms with van der Waals surface area (Å²) in [5.74, 6) is -0.328. The minimum absolute atomic E-state index is 0.0456. The van der Waals surface area contributed by atoms with Crippen LogP contribution in [0.4, 0.5) is 0 Å². The topological polar surface area (TPSA) is 199 Å². The molecule has 0 aliphatic carbocycles. The summed E-state index contributed by atoms with van der Waals surface area (Å²) >= 11 is 0. The summed E-state index contributed by atoms with van der Waals surface area (Å²) in [4.78, 5) is 66.3. The molecule has 2 heterocycles. The van der Waals surface area contributed by atoms with Gasteiger partial charge in [0.25, 0.3) is 0 Å². The molecule has 15 nitrogen and oxygen atoms in total. The van der Waals surface area contributed by atoms with E-state index in [1.54, 1.807) is 73.3 Å². The fourth-order valence-electron chi connectivity index (χ4n) is 6.67. The largest absolute Gasteiger partial charge is 0.490 e. The van der Waals surface area contributed by atoms with Crippen LogP contribution in [-0.4, -0.2) is 70.2 Å². The first-order valence-electron chi connectivity index (χ1n) is 22.9. The first-order valence-corrected chi connectivity index (χ1v) is 22.9. The predicted molar refractivity (Wildman–Crippen MR) is 254 cm³/mol. The average Bonchev–Trinajstić information content (AvgIpc) is 3.37. The third-order valence-electron chi connectivity index (χ3n) is 10.4. The van der Waals surface area contributed by atoms with E-state index in [9.17, 15) is 24.4 Å². The van der Waals surface area contributed by atoms with Crippen LogP contribution in [0.1, 0.15) is 116 Å². The number of carbonyl (C=O) groups excluding carboxylic acids is 4. The number of hydrogen-bond donors (Lipinski definition) is 0. The maximum atomic E-state index is 13.3. The molecule has 0 amide bonds. The Kier molecular flexibility index (Phi) is 21.9. The maximum Gasteiger partial charge on any atom is 0.343 e. The summed E-state index contributed by atoms with van der Waals surface area (Å²) in [6.45, 7) is 8.74. The summed E-state index contributed by atoms with van der Waals surface area (Å²) in [7, 11) is 0. The fourth-order valence-corrected chi connectivity index (χ4v) is 6.67. The highest BCUT2D eigenvalue weighted by atomic mass is 16.6. The van der Waals surface area contributed by atoms with Crippen molar-refractivity contribution in [2.75, 3.05) is 26.4 Å². The van der Waals surface area contributed by atoms with Gasteiger partial charge in [-0.3, -0.25) is 0 Å². The summed E-state index contributed by atoms with van der Waals surface area (Å²) in [5.41, 5.74) is 1.98. The molecule has 0 unspecified atom stereocenters. The van der Waals surface area contributed by atoms with Gasteiger partial charge in [-0.25, -0.2) is 39.1 Å². The number of hydrogen-bond acceptors (Lipinski definition) is 15. The van der Waals surface area contributed by atoms with Gasteiger partial charge in [0.1, 0.15) is 0 Å². The van der Waals surface area contributed by atoms with E-state index < -0.39 is 11.9 Å². The molecule has 0 bridgehead atoms. The smallest absolute Gasteiger partial charge is 0.343 e. The first kappa shape index (κ1) is 51.3. The highest BCUT2D eigenvalue weighted by Gasteiger charge is 2.18. The van der Waals surface area contributed by atoms with Crippen LogP contribution in [0.25, 0.3) is 22.8 Å². The zero-order chi connectivity index (χ0) is 48.2. The van der Waals surface area contributed by atoms with E-state index in [1.165, 1.54) is 30.4 Å². The van der Waals surface area contributed by atoms with Crippen molar-refractivity contribution in [3.8, 4) is 51.8 Å². The van der Waals surface area contributed by atoms with Crippen molar-refractivity contribution >= 4 is 23.9 Å². The fraction of sp³-hybridized carbons (Fsp3) is 0.340. The molecule has 0 saturated heterocycles. The molecule has 0 radical (unpaired) electrons. The second-order valence-electron chi connectivity index (χ2n) is 15.6. The van der Waals surface area contributed by atoms with E-state index in [0.29, 0.717) is 60.7 Å². The molecule has 0 N–H and O–H groups in total. The quantitative estimate of drug-likeness (QED) is 0.0182. The molecule has 3 aromatic carbocycles. The van der Waals surface area contributed by atoms with Gasteiger partial charge in [-0.05, 0) is 62.1 Å². The number of benzene rings is 3. The minimum Gasteiger partial charge on any atom is -0.490 e. The number of nitriles is 1. The zero-order valence-corrected chi connectivity index (χ0v) is 38.3. The summed E-state index contributed by atoms with van der Waals surface area (Å²) < 4.78 is 32.9. The van der Waals surface area contributed by atoms with E-state index in [4.69, 9.17) is 28.4 Å². The summed E-state index contributed by atoms with van der Waals surface area (Å²) in [6, 6.07) is 19.3. The number of esters is 4. The Morgan fingerprint density at radius 2 is 0.853 bits per heavy atom. The molecule has 5 rings (SSSR count). The molecular weight excluding hydrogens is 867 g/mol. The van der Waals surface area contributed by atoms with Gasteiger partial charge in [0.2, 0.25) is 0 Å². The van der Waals surface area contributed by atoms with Gasteiger partial charge in [-0.1, -0.05) is 102 Å². The lowest BCUT2D eigenvalue weighted by atomic mass is 10.1. The van der Waals surface area contributed by atoms with Crippen LogP contribution in [0.2, 0.25) is 0 Å². The number of unbranched alkanes of at least 4 members (excludes halogenated alkanes) is 12. The van der Waals surface area contributed by atoms with Crippen LogP contribution in [0.3, 0.4) is 0 Å². The summed E-state index contributed by atoms with van der Waals surface area (Å²) in [6.07, 6.45) is 23.1. The first-order chi connectivity index (χ1) is 33.3. The van der Waals surface area contributed by atoms with Crippen LogP contribution in [0.5, 0.6) is 23.0 Å². The Bertz CT molecular complexity index is 2430. The lowest BCUT2D eigenvalue weighted by molar-refractivity contribution is -0.138. The van der Waals surface area contributed by atoms with Crippen molar-refractivity contribution in [3.63, 3.8) is 0 Å². The molecule has 5 aromatic rings. The Morgan fingerprint density at radius 1 is 0.485 bits per heavy atom. The van der Waals surface area contributed by atoms with Gasteiger partial charge >= 0.3 is 23.9 Å². The lowest BCUT2D eigenvalue weighted by Gasteiger charge is -2.12. The normalized spacial score (nSPS) is 10.6. The third kappa shape index (κ3) is 17.9. The Hall–Kier alpha value is -7.73. The highest BCUT2D eigenvalue weighted by Crippen LogP contribution is 2.31. The zero-order valence-electron chi connectivity index (χ0n) is 38.3. The SMILES string of the molecule is C=CC(=O)OCCCCCCCCCOc1cnc(-c2ccc(C(=O)Oc3ccc(C#N)cc3OC(=O)c3ccc(-c4ncc(OCCCCCCCCCOC(=O)C=C)cn4)cc3)cc2)nc1. The van der Waals surface area contributed by atoms with Crippen LogP contribution < -0.4 is 18.9 Å². The van der Waals surface area contributed by atoms with Crippen LogP contribution in [0, 0.1) is 11.3 Å². The van der Waals surface area contributed by atoms with Crippen molar-refractivity contribution in [1.29, 1.82) is 5.26 Å². The molecule has 68 heavy (non-hydrogen) atoms. The third-order valence-corrected chi connectivity index (χ3v) is 10.4. The van der Waals surface area contributed by atoms with Crippen molar-refractivity contribution in [1.82, 2.24) is 19.9 Å². The Labute approximate surface area is 397 Å². The molecule has 0 saturated carbocycles. The molecule has 2 aromatic heterocycles. The van der Waals surface area contributed by atoms with Gasteiger partial charge in [0.05, 0.1) is 74.0 Å². The second-order valence-corrected chi connectivity index (χ2v) is 15.6. The maximum absolute atomic E-state index is 13.3. The predicted octanol–water partition coefficient (Wildman–Crippen LogP) is 10.6. The van der Waals surface area contributed by atoms with E-state index >= 15 is 0 Å². The number of ether oxygens (including phenoxy) is 6. The standard InChI is InChI=1S/C53H57N5O10/c1-3-48(59)65-31-17-13-9-5-7-11-15-29-63-44-35-55-50(56-36-44)40-20-24-42(25-21-40)52(61)67-46-28-19-39(34-54)33-47(46)68-53(62)43-26-22-41(23-27-43)51-57-37-45(38-58-51)64-30-16-12-8-6-10-14-18-32-66-49(60)4-2/h3-4,19-28,33,35-38H,1-2,5-18,29-32H2. The van der Waals surface area contributed by atoms with Gasteiger partial charge in [0.15, 0.2) is 34.6 Å². The molecule has 0 spiro atoms. The van der Waals surface area contributed by atoms with E-state index in [1.807, 2.05) is 6.07 Å². The van der Waals surface area contributed by atoms with E-state index in [0.717, 1.165) is 89.9 Å². The van der Waals surface area contributed by atoms with Gasteiger partial charge in [0, 0.05) is 29.3 Å². The van der Waals surface area contributed by atoms with Crippen LogP contribution in [0.15, 0.2) is 117 Å². The van der Waals surface area contributed by atoms with Gasteiger partial charge in [-0.2, -0.15) is 5.26 Å². The van der Waals surface area contributed by atoms with Crippen molar-refractivity contribution < 1.29 is 47.6 Å². The Morgan fingerprint density at radius 3 is 1.24 bits per heavy atom. The molecule has 0 fully saturated rings. The van der Waals surface area contributed by atoms with Gasteiger partial charge < -0.3 is 28.4 Å². The number of nitrogens with zero attached hydrogens (tertiary/aromatic N) is 5. The molecule has 354 valence electrons. The molecule has 0 atom stereocenters. The highest BCUT2D eigenvalue weighted by molar-refractivity contribution is 5.94. The van der Waals surface area contributed by atoms with Crippen molar-refractivity contribution in [2.45, 2.75) is 89.9 Å². The van der Waals surface area contributed by atoms with Crippen LogP contribution in [-0.2, 0) is 19.1 Å². The van der Waals surface area contributed by atoms with Crippen LogP contribution >= 0.6 is 0 Å². The van der Waals surface area contributed by atoms with Crippen molar-refractivity contribution in [2.24, 2.45) is 0 Å². The van der Waals surface area contributed by atoms with Crippen molar-refractivity contribution in [3.05, 3.63) is 134 Å². The molecule has 0 aliphatic rings. The number of carbonyl (C=O) groups is 4. The lowest BCUT2D eigenvalue weighted by Crippen LogP contribution is -2.13. The molecular formula is C53H57N5O10. The monoisotopic (exact) mass is 923 g/mol. The Balaban J connectivity index is 1.03. The molecule has 15 heteroatoms. The number of rotatable bonds is 30. The summed E-state index contributed by atoms with van der Waals surface area (Å²) in [5, 5.41) is 9.54. The number of aromatic nitrogens is 4. The van der Waals surface area contributed by atoms with Gasteiger partial charge in [-0.15, -0.1) is 0 Å². The minimum atomic E-state index is -0.730.